The van der Waals surface area contributed by atoms with Gasteiger partial charge in [-0.25, -0.2) is 9.59 Å². The maximum atomic E-state index is 12.3. The number of likely N-dealkylation sites (tertiary alicyclic amines) is 2. The summed E-state index contributed by atoms with van der Waals surface area (Å²) >= 11 is 0. The number of carbonyl (C=O) groups is 4. The summed E-state index contributed by atoms with van der Waals surface area (Å²) in [7, 11) is 0. The predicted molar refractivity (Wildman–Crippen MR) is 124 cm³/mol. The largest absolute Gasteiger partial charge is 0.444 e. The molecule has 3 aliphatic rings. The number of carbonyl (C=O) groups excluding carboxylic acids is 4. The molecule has 0 aromatic heterocycles. The zero-order valence-electron chi connectivity index (χ0n) is 20.7. The summed E-state index contributed by atoms with van der Waals surface area (Å²) < 4.78 is 10.4. The molecule has 0 atom stereocenters. The van der Waals surface area contributed by atoms with E-state index >= 15 is 0 Å². The minimum absolute atomic E-state index is 0.137. The van der Waals surface area contributed by atoms with Crippen LogP contribution in [0.3, 0.4) is 0 Å². The van der Waals surface area contributed by atoms with Crippen LogP contribution in [0.2, 0.25) is 0 Å². The average molecular weight is 475 g/mol. The maximum absolute atomic E-state index is 12.3. The number of ether oxygens (including phenoxy) is 2. The van der Waals surface area contributed by atoms with Gasteiger partial charge in [-0.2, -0.15) is 0 Å². The van der Waals surface area contributed by atoms with Crippen molar-refractivity contribution in [2.75, 3.05) is 26.2 Å². The molecule has 3 heterocycles. The Morgan fingerprint density at radius 2 is 1.18 bits per heavy atom. The van der Waals surface area contributed by atoms with Gasteiger partial charge in [-0.1, -0.05) is 12.1 Å². The number of imide groups is 1. The lowest BCUT2D eigenvalue weighted by Crippen LogP contribution is -2.62. The number of amides is 4. The predicted octanol–water partition coefficient (Wildman–Crippen LogP) is 2.47. The summed E-state index contributed by atoms with van der Waals surface area (Å²) in [5.74, 6) is -0.566. The highest BCUT2D eigenvalue weighted by molar-refractivity contribution is 6.21. The van der Waals surface area contributed by atoms with Crippen molar-refractivity contribution in [2.45, 2.75) is 64.8 Å². The van der Waals surface area contributed by atoms with Gasteiger partial charge in [-0.15, -0.1) is 0 Å². The topological polar surface area (TPSA) is 122 Å². The van der Waals surface area contributed by atoms with E-state index in [1.807, 2.05) is 20.8 Å². The number of nitrogens with two attached hydrogens (primary N) is 1. The standard InChI is InChI=1S/C16H18N2O4.C8H16N2O2/c1-16(2,3)22-15(21)17-8-10(9-17)18-13(19)11-6-4-5-7-12(11)14(18)20;1-8(2,3)12-7(11)10-4-6(9)5-10/h4-7,10H,8-9H2,1-3H3;6H,4-5,9H2,1-3H3. The van der Waals surface area contributed by atoms with Gasteiger partial charge in [0.05, 0.1) is 17.2 Å². The van der Waals surface area contributed by atoms with Crippen LogP contribution in [0, 0.1) is 0 Å². The average Bonchev–Trinajstić information content (AvgIpc) is 2.88. The van der Waals surface area contributed by atoms with Gasteiger partial charge in [0.2, 0.25) is 0 Å². The van der Waals surface area contributed by atoms with Crippen LogP contribution < -0.4 is 5.73 Å². The number of benzene rings is 1. The van der Waals surface area contributed by atoms with Crippen LogP contribution >= 0.6 is 0 Å². The zero-order chi connectivity index (χ0) is 25.4. The smallest absolute Gasteiger partial charge is 0.410 e. The molecular formula is C24H34N4O6. The minimum atomic E-state index is -0.558. The number of hydrogen-bond donors (Lipinski definition) is 1. The fourth-order valence-corrected chi connectivity index (χ4v) is 3.62. The molecule has 10 heteroatoms. The van der Waals surface area contributed by atoms with Gasteiger partial charge >= 0.3 is 12.2 Å². The fraction of sp³-hybridized carbons (Fsp3) is 0.583. The molecule has 0 bridgehead atoms. The zero-order valence-corrected chi connectivity index (χ0v) is 20.7. The highest BCUT2D eigenvalue weighted by Gasteiger charge is 2.46. The van der Waals surface area contributed by atoms with Crippen LogP contribution in [0.1, 0.15) is 62.3 Å². The summed E-state index contributed by atoms with van der Waals surface area (Å²) in [4.78, 5) is 52.1. The van der Waals surface area contributed by atoms with Crippen LogP contribution in [0.15, 0.2) is 24.3 Å². The molecule has 1 aromatic rings. The molecule has 2 N–H and O–H groups in total. The Balaban J connectivity index is 0.000000229. The first kappa shape index (κ1) is 25.5. The van der Waals surface area contributed by atoms with Crippen molar-refractivity contribution in [1.29, 1.82) is 0 Å². The van der Waals surface area contributed by atoms with Gasteiger partial charge in [0, 0.05) is 32.2 Å². The molecule has 4 rings (SSSR count). The Morgan fingerprint density at radius 3 is 1.53 bits per heavy atom. The van der Waals surface area contributed by atoms with Crippen LogP contribution in [0.5, 0.6) is 0 Å². The number of rotatable bonds is 1. The lowest BCUT2D eigenvalue weighted by molar-refractivity contribution is -0.00970. The van der Waals surface area contributed by atoms with Gasteiger partial charge in [0.25, 0.3) is 11.8 Å². The van der Waals surface area contributed by atoms with E-state index in [0.717, 1.165) is 0 Å². The van der Waals surface area contributed by atoms with E-state index in [1.54, 1.807) is 49.9 Å². The summed E-state index contributed by atoms with van der Waals surface area (Å²) in [5, 5.41) is 0. The van der Waals surface area contributed by atoms with Crippen LogP contribution in [-0.4, -0.2) is 88.2 Å². The third kappa shape index (κ3) is 5.85. The van der Waals surface area contributed by atoms with Gasteiger partial charge in [-0.05, 0) is 53.7 Å². The molecule has 0 spiro atoms. The van der Waals surface area contributed by atoms with Crippen LogP contribution in [0.25, 0.3) is 0 Å². The maximum Gasteiger partial charge on any atom is 0.410 e. The molecule has 0 unspecified atom stereocenters. The SMILES string of the molecule is CC(C)(C)OC(=O)N1CC(N)C1.CC(C)(C)OC(=O)N1CC(N2C(=O)c3ccccc3C2=O)C1. The third-order valence-corrected chi connectivity index (χ3v) is 5.27. The molecule has 1 aromatic carbocycles. The van der Waals surface area contributed by atoms with Gasteiger partial charge in [-0.3, -0.25) is 14.5 Å². The second-order valence-corrected chi connectivity index (χ2v) is 10.7. The Bertz CT molecular complexity index is 933. The van der Waals surface area contributed by atoms with Crippen molar-refractivity contribution in [1.82, 2.24) is 14.7 Å². The first-order chi connectivity index (χ1) is 15.7. The molecular weight excluding hydrogens is 440 g/mol. The van der Waals surface area contributed by atoms with E-state index in [9.17, 15) is 19.2 Å². The van der Waals surface area contributed by atoms with E-state index in [2.05, 4.69) is 0 Å². The first-order valence-electron chi connectivity index (χ1n) is 11.3. The quantitative estimate of drug-likeness (QED) is 0.620. The van der Waals surface area contributed by atoms with Crippen molar-refractivity contribution in [3.8, 4) is 0 Å². The second-order valence-electron chi connectivity index (χ2n) is 10.7. The molecule has 2 saturated heterocycles. The summed E-state index contributed by atoms with van der Waals surface area (Å²) in [6, 6.07) is 6.64. The van der Waals surface area contributed by atoms with E-state index < -0.39 is 17.3 Å². The lowest BCUT2D eigenvalue weighted by atomic mass is 10.1. The first-order valence-corrected chi connectivity index (χ1v) is 11.3. The summed E-state index contributed by atoms with van der Waals surface area (Å²) in [6.07, 6.45) is -0.676. The minimum Gasteiger partial charge on any atom is -0.444 e. The van der Waals surface area contributed by atoms with Crippen LogP contribution in [-0.2, 0) is 9.47 Å². The number of hydrogen-bond acceptors (Lipinski definition) is 7. The third-order valence-electron chi connectivity index (χ3n) is 5.27. The van der Waals surface area contributed by atoms with Crippen molar-refractivity contribution in [3.63, 3.8) is 0 Å². The molecule has 34 heavy (non-hydrogen) atoms. The molecule has 0 radical (unpaired) electrons. The molecule has 0 saturated carbocycles. The van der Waals surface area contributed by atoms with Crippen molar-refractivity contribution in [2.24, 2.45) is 5.73 Å². The monoisotopic (exact) mass is 474 g/mol. The Labute approximate surface area is 199 Å². The van der Waals surface area contributed by atoms with Gasteiger partial charge < -0.3 is 25.0 Å². The molecule has 10 nitrogen and oxygen atoms in total. The Kier molecular flexibility index (Phi) is 6.93. The second kappa shape index (κ2) is 9.25. The normalized spacial score (nSPS) is 18.5. The highest BCUT2D eigenvalue weighted by Crippen LogP contribution is 2.28. The fourth-order valence-electron chi connectivity index (χ4n) is 3.62. The van der Waals surface area contributed by atoms with E-state index in [0.29, 0.717) is 37.3 Å². The summed E-state index contributed by atoms with van der Waals surface area (Å²) in [5.41, 5.74) is 5.42. The molecule has 3 aliphatic heterocycles. The van der Waals surface area contributed by atoms with E-state index in [4.69, 9.17) is 15.2 Å². The van der Waals surface area contributed by atoms with Gasteiger partial charge in [0.15, 0.2) is 0 Å². The highest BCUT2D eigenvalue weighted by atomic mass is 16.6. The van der Waals surface area contributed by atoms with Crippen LogP contribution in [0.4, 0.5) is 9.59 Å². The lowest BCUT2D eigenvalue weighted by Gasteiger charge is -2.42. The Hall–Kier alpha value is -3.14. The number of fused-ring (bicyclic) bond motifs is 1. The molecule has 0 aliphatic carbocycles. The molecule has 4 amide bonds. The number of nitrogens with zero attached hydrogens (tertiary/aromatic N) is 3. The summed E-state index contributed by atoms with van der Waals surface area (Å²) in [6.45, 7) is 12.8. The van der Waals surface area contributed by atoms with Crippen molar-refractivity contribution in [3.05, 3.63) is 35.4 Å². The van der Waals surface area contributed by atoms with Crippen molar-refractivity contribution >= 4 is 24.0 Å². The Morgan fingerprint density at radius 1 is 0.794 bits per heavy atom. The van der Waals surface area contributed by atoms with Crippen molar-refractivity contribution < 1.29 is 28.7 Å². The van der Waals surface area contributed by atoms with E-state index in [-0.39, 0.29) is 30.0 Å². The van der Waals surface area contributed by atoms with Gasteiger partial charge in [0.1, 0.15) is 11.2 Å². The van der Waals surface area contributed by atoms with E-state index in [1.165, 1.54) is 9.80 Å². The molecule has 186 valence electrons. The molecule has 2 fully saturated rings.